The van der Waals surface area contributed by atoms with Gasteiger partial charge in [-0.15, -0.1) is 11.3 Å². The molecular formula is C11H10O2S. The zero-order valence-corrected chi connectivity index (χ0v) is 8.64. The van der Waals surface area contributed by atoms with Gasteiger partial charge >= 0.3 is 0 Å². The predicted molar refractivity (Wildman–Crippen MR) is 58.1 cm³/mol. The first-order chi connectivity index (χ1) is 6.85. The van der Waals surface area contributed by atoms with E-state index in [4.69, 9.17) is 4.74 Å². The topological polar surface area (TPSA) is 26.3 Å². The molecule has 2 rings (SSSR count). The van der Waals surface area contributed by atoms with Gasteiger partial charge in [-0.3, -0.25) is 0 Å². The summed E-state index contributed by atoms with van der Waals surface area (Å²) in [5.74, 6) is 0.858. The highest BCUT2D eigenvalue weighted by Gasteiger charge is 2.04. The van der Waals surface area contributed by atoms with Gasteiger partial charge in [-0.2, -0.15) is 0 Å². The molecule has 0 spiro atoms. The molecule has 2 aromatic rings. The lowest BCUT2D eigenvalue weighted by molar-refractivity contribution is -0.107. The highest BCUT2D eigenvalue weighted by molar-refractivity contribution is 7.17. The molecule has 1 heterocycles. The Hall–Kier alpha value is -1.35. The van der Waals surface area contributed by atoms with Crippen LogP contribution in [0.25, 0.3) is 10.1 Å². The van der Waals surface area contributed by atoms with Gasteiger partial charge in [0.05, 0.1) is 7.11 Å². The fourth-order valence-corrected chi connectivity index (χ4v) is 2.44. The SMILES string of the molecule is COc1ccc2c(CC=O)csc2c1. The van der Waals surface area contributed by atoms with Gasteiger partial charge in [0.1, 0.15) is 12.0 Å². The molecule has 0 N–H and O–H groups in total. The summed E-state index contributed by atoms with van der Waals surface area (Å²) < 4.78 is 6.30. The largest absolute Gasteiger partial charge is 0.497 e. The van der Waals surface area contributed by atoms with Crippen LogP contribution in [0.5, 0.6) is 5.75 Å². The summed E-state index contributed by atoms with van der Waals surface area (Å²) in [7, 11) is 1.65. The van der Waals surface area contributed by atoms with Crippen molar-refractivity contribution in [3.8, 4) is 5.75 Å². The standard InChI is InChI=1S/C11H10O2S/c1-13-9-2-3-10-8(4-5-12)7-14-11(10)6-9/h2-3,5-7H,4H2,1H3. The average Bonchev–Trinajstić information content (AvgIpc) is 2.61. The Balaban J connectivity index is 2.53. The van der Waals surface area contributed by atoms with Gasteiger partial charge in [0.2, 0.25) is 0 Å². The van der Waals surface area contributed by atoms with Gasteiger partial charge < -0.3 is 9.53 Å². The number of rotatable bonds is 3. The minimum atomic E-state index is 0.492. The molecule has 0 radical (unpaired) electrons. The lowest BCUT2D eigenvalue weighted by atomic mass is 10.1. The maximum Gasteiger partial charge on any atom is 0.124 e. The van der Waals surface area contributed by atoms with Crippen molar-refractivity contribution in [2.45, 2.75) is 6.42 Å². The number of ether oxygens (including phenoxy) is 1. The van der Waals surface area contributed by atoms with Gasteiger partial charge in [0, 0.05) is 11.1 Å². The Kier molecular flexibility index (Phi) is 2.50. The van der Waals surface area contributed by atoms with Crippen LogP contribution in [0, 0.1) is 0 Å². The predicted octanol–water partition coefficient (Wildman–Crippen LogP) is 2.65. The number of carbonyl (C=O) groups is 1. The quantitative estimate of drug-likeness (QED) is 0.722. The van der Waals surface area contributed by atoms with E-state index in [9.17, 15) is 4.79 Å². The molecule has 2 nitrogen and oxygen atoms in total. The van der Waals surface area contributed by atoms with Crippen LogP contribution in [0.1, 0.15) is 5.56 Å². The number of aldehydes is 1. The van der Waals surface area contributed by atoms with E-state index in [2.05, 4.69) is 0 Å². The average molecular weight is 206 g/mol. The maximum absolute atomic E-state index is 10.4. The number of methoxy groups -OCH3 is 1. The van der Waals surface area contributed by atoms with Crippen LogP contribution < -0.4 is 4.74 Å². The van der Waals surface area contributed by atoms with Crippen LogP contribution in [0.3, 0.4) is 0 Å². The first-order valence-electron chi connectivity index (χ1n) is 4.33. The third kappa shape index (κ3) is 1.51. The third-order valence-corrected chi connectivity index (χ3v) is 3.16. The van der Waals surface area contributed by atoms with E-state index >= 15 is 0 Å². The van der Waals surface area contributed by atoms with Crippen LogP contribution >= 0.6 is 11.3 Å². The molecule has 0 aliphatic rings. The van der Waals surface area contributed by atoms with Gasteiger partial charge in [0.25, 0.3) is 0 Å². The number of thiophene rings is 1. The first-order valence-corrected chi connectivity index (χ1v) is 5.21. The number of carbonyl (C=O) groups excluding carboxylic acids is 1. The molecule has 3 heteroatoms. The van der Waals surface area contributed by atoms with Crippen LogP contribution in [-0.4, -0.2) is 13.4 Å². The summed E-state index contributed by atoms with van der Waals surface area (Å²) in [4.78, 5) is 10.4. The summed E-state index contributed by atoms with van der Waals surface area (Å²) in [6, 6.07) is 5.92. The number of fused-ring (bicyclic) bond motifs is 1. The minimum Gasteiger partial charge on any atom is -0.497 e. The number of hydrogen-bond donors (Lipinski definition) is 0. The van der Waals surface area contributed by atoms with Crippen LogP contribution in [0.2, 0.25) is 0 Å². The number of hydrogen-bond acceptors (Lipinski definition) is 3. The molecule has 0 aliphatic carbocycles. The highest BCUT2D eigenvalue weighted by Crippen LogP contribution is 2.29. The monoisotopic (exact) mass is 206 g/mol. The van der Waals surface area contributed by atoms with Crippen LogP contribution in [0.15, 0.2) is 23.6 Å². The highest BCUT2D eigenvalue weighted by atomic mass is 32.1. The zero-order valence-electron chi connectivity index (χ0n) is 7.82. The van der Waals surface area contributed by atoms with Crippen molar-refractivity contribution >= 4 is 27.7 Å². The van der Waals surface area contributed by atoms with Crippen molar-refractivity contribution in [1.82, 2.24) is 0 Å². The smallest absolute Gasteiger partial charge is 0.124 e. The van der Waals surface area contributed by atoms with Gasteiger partial charge in [-0.25, -0.2) is 0 Å². The van der Waals surface area contributed by atoms with E-state index in [1.807, 2.05) is 23.6 Å². The molecular weight excluding hydrogens is 196 g/mol. The van der Waals surface area contributed by atoms with Crippen molar-refractivity contribution in [1.29, 1.82) is 0 Å². The summed E-state index contributed by atoms with van der Waals surface area (Å²) in [5.41, 5.74) is 1.10. The Morgan fingerprint density at radius 2 is 2.36 bits per heavy atom. The van der Waals surface area contributed by atoms with Crippen molar-refractivity contribution < 1.29 is 9.53 Å². The minimum absolute atomic E-state index is 0.492. The molecule has 0 fully saturated rings. The van der Waals surface area contributed by atoms with Crippen molar-refractivity contribution in [2.75, 3.05) is 7.11 Å². The Morgan fingerprint density at radius 1 is 1.50 bits per heavy atom. The molecule has 0 bridgehead atoms. The fourth-order valence-electron chi connectivity index (χ4n) is 1.44. The molecule has 14 heavy (non-hydrogen) atoms. The molecule has 0 aliphatic heterocycles. The Bertz CT molecular complexity index is 459. The second-order valence-corrected chi connectivity index (χ2v) is 3.91. The molecule has 0 amide bonds. The normalized spacial score (nSPS) is 10.4. The first kappa shape index (κ1) is 9.21. The van der Waals surface area contributed by atoms with Gasteiger partial charge in [-0.05, 0) is 34.5 Å². The fraction of sp³-hybridized carbons (Fsp3) is 0.182. The van der Waals surface area contributed by atoms with Gasteiger partial charge in [0.15, 0.2) is 0 Å². The third-order valence-electron chi connectivity index (χ3n) is 2.17. The van der Waals surface area contributed by atoms with Crippen LogP contribution in [-0.2, 0) is 11.2 Å². The van der Waals surface area contributed by atoms with Crippen LogP contribution in [0.4, 0.5) is 0 Å². The lowest BCUT2D eigenvalue weighted by Gasteiger charge is -1.99. The van der Waals surface area contributed by atoms with Crippen molar-refractivity contribution in [2.24, 2.45) is 0 Å². The zero-order chi connectivity index (χ0) is 9.97. The number of benzene rings is 1. The molecule has 1 aromatic heterocycles. The summed E-state index contributed by atoms with van der Waals surface area (Å²) in [5, 5.41) is 3.18. The van der Waals surface area contributed by atoms with E-state index < -0.39 is 0 Å². The molecule has 0 unspecified atom stereocenters. The van der Waals surface area contributed by atoms with E-state index in [-0.39, 0.29) is 0 Å². The van der Waals surface area contributed by atoms with E-state index in [1.165, 1.54) is 4.70 Å². The Morgan fingerprint density at radius 3 is 3.07 bits per heavy atom. The van der Waals surface area contributed by atoms with Crippen molar-refractivity contribution in [3.05, 3.63) is 29.1 Å². The summed E-state index contributed by atoms with van der Waals surface area (Å²) >= 11 is 1.64. The molecule has 0 atom stereocenters. The molecule has 0 saturated carbocycles. The van der Waals surface area contributed by atoms with E-state index in [0.717, 1.165) is 23.0 Å². The lowest BCUT2D eigenvalue weighted by Crippen LogP contribution is -1.84. The van der Waals surface area contributed by atoms with Crippen molar-refractivity contribution in [3.63, 3.8) is 0 Å². The molecule has 0 saturated heterocycles. The summed E-state index contributed by atoms with van der Waals surface area (Å²) in [6.45, 7) is 0. The summed E-state index contributed by atoms with van der Waals surface area (Å²) in [6.07, 6.45) is 1.43. The van der Waals surface area contributed by atoms with E-state index in [0.29, 0.717) is 6.42 Å². The molecule has 72 valence electrons. The second-order valence-electron chi connectivity index (χ2n) is 2.99. The molecule has 1 aromatic carbocycles. The van der Waals surface area contributed by atoms with Gasteiger partial charge in [-0.1, -0.05) is 0 Å². The second kappa shape index (κ2) is 3.80. The maximum atomic E-state index is 10.4. The van der Waals surface area contributed by atoms with E-state index in [1.54, 1.807) is 18.4 Å². The Labute approximate surface area is 86.1 Å².